The van der Waals surface area contributed by atoms with Gasteiger partial charge in [-0.3, -0.25) is 4.79 Å². The van der Waals surface area contributed by atoms with Crippen molar-refractivity contribution in [3.8, 4) is 34.3 Å². The number of rotatable bonds is 3. The smallest absolute Gasteiger partial charge is 0.238 e. The van der Waals surface area contributed by atoms with Crippen LogP contribution in [0, 0.1) is 0 Å². The molecule has 0 unspecified atom stereocenters. The summed E-state index contributed by atoms with van der Waals surface area (Å²) in [7, 11) is 0. The first-order chi connectivity index (χ1) is 13.4. The molecule has 6 heteroatoms. The van der Waals surface area contributed by atoms with Gasteiger partial charge in [0.2, 0.25) is 11.2 Å². The minimum Gasteiger partial charge on any atom is -0.508 e. The lowest BCUT2D eigenvalue weighted by atomic mass is 10.00. The van der Waals surface area contributed by atoms with Crippen LogP contribution in [-0.2, 0) is 6.42 Å². The van der Waals surface area contributed by atoms with Crippen LogP contribution in [0.5, 0.6) is 23.0 Å². The van der Waals surface area contributed by atoms with E-state index in [1.54, 1.807) is 6.07 Å². The maximum Gasteiger partial charge on any atom is 0.238 e. The van der Waals surface area contributed by atoms with Crippen LogP contribution >= 0.6 is 0 Å². The summed E-state index contributed by atoms with van der Waals surface area (Å²) in [6.45, 7) is 0. The van der Waals surface area contributed by atoms with Crippen molar-refractivity contribution in [2.75, 3.05) is 0 Å². The molecule has 0 saturated heterocycles. The molecule has 0 aliphatic heterocycles. The fourth-order valence-electron chi connectivity index (χ4n) is 3.15. The van der Waals surface area contributed by atoms with Gasteiger partial charge in [-0.1, -0.05) is 30.3 Å². The van der Waals surface area contributed by atoms with E-state index in [1.165, 1.54) is 18.2 Å². The second-order valence-corrected chi connectivity index (χ2v) is 6.45. The third-order valence-corrected chi connectivity index (χ3v) is 4.51. The van der Waals surface area contributed by atoms with E-state index < -0.39 is 16.9 Å². The fourth-order valence-corrected chi connectivity index (χ4v) is 3.15. The molecule has 0 aliphatic carbocycles. The molecule has 0 radical (unpaired) electrons. The molecule has 4 aromatic rings. The van der Waals surface area contributed by atoms with E-state index in [9.17, 15) is 25.2 Å². The van der Waals surface area contributed by atoms with Gasteiger partial charge < -0.3 is 24.8 Å². The second-order valence-electron chi connectivity index (χ2n) is 6.45. The van der Waals surface area contributed by atoms with Crippen LogP contribution in [0.3, 0.4) is 0 Å². The molecule has 1 heterocycles. The topological polar surface area (TPSA) is 111 Å². The van der Waals surface area contributed by atoms with Crippen LogP contribution in [0.25, 0.3) is 22.3 Å². The highest BCUT2D eigenvalue weighted by molar-refractivity contribution is 5.88. The summed E-state index contributed by atoms with van der Waals surface area (Å²) in [5, 5.41) is 39.9. The average molecular weight is 376 g/mol. The lowest BCUT2D eigenvalue weighted by Crippen LogP contribution is -2.03. The predicted octanol–water partition coefficient (Wildman–Crippen LogP) is 3.87. The van der Waals surface area contributed by atoms with Crippen molar-refractivity contribution in [1.29, 1.82) is 0 Å². The maximum atomic E-state index is 12.5. The van der Waals surface area contributed by atoms with E-state index in [-0.39, 0.29) is 28.2 Å². The average Bonchev–Trinajstić information content (AvgIpc) is 2.67. The number of hydrogen-bond donors (Lipinski definition) is 4. The molecule has 0 saturated carbocycles. The number of fused-ring (bicyclic) bond motifs is 1. The van der Waals surface area contributed by atoms with Gasteiger partial charge in [-0.05, 0) is 29.3 Å². The molecule has 0 atom stereocenters. The van der Waals surface area contributed by atoms with Crippen molar-refractivity contribution < 1.29 is 24.8 Å². The van der Waals surface area contributed by atoms with Crippen molar-refractivity contribution in [2.45, 2.75) is 6.42 Å². The van der Waals surface area contributed by atoms with Crippen LogP contribution in [0.1, 0.15) is 11.1 Å². The Morgan fingerprint density at radius 3 is 2.32 bits per heavy atom. The first kappa shape index (κ1) is 17.5. The number of phenols is 3. The zero-order valence-corrected chi connectivity index (χ0v) is 14.6. The van der Waals surface area contributed by atoms with Gasteiger partial charge in [-0.2, -0.15) is 0 Å². The summed E-state index contributed by atoms with van der Waals surface area (Å²) in [4.78, 5) is 12.5. The zero-order chi connectivity index (χ0) is 19.8. The summed E-state index contributed by atoms with van der Waals surface area (Å²) in [5.41, 5.74) is 1.07. The highest BCUT2D eigenvalue weighted by Crippen LogP contribution is 2.36. The lowest BCUT2D eigenvalue weighted by molar-refractivity contribution is 0.438. The molecule has 4 N–H and O–H groups in total. The van der Waals surface area contributed by atoms with Crippen molar-refractivity contribution in [1.82, 2.24) is 0 Å². The first-order valence-electron chi connectivity index (χ1n) is 8.52. The van der Waals surface area contributed by atoms with Crippen molar-refractivity contribution in [2.24, 2.45) is 0 Å². The Balaban J connectivity index is 1.87. The van der Waals surface area contributed by atoms with E-state index in [0.717, 1.165) is 11.6 Å². The monoisotopic (exact) mass is 376 g/mol. The van der Waals surface area contributed by atoms with Crippen LogP contribution in [0.2, 0.25) is 0 Å². The Morgan fingerprint density at radius 1 is 0.821 bits per heavy atom. The molecular formula is C22H16O6. The van der Waals surface area contributed by atoms with Gasteiger partial charge in [0, 0.05) is 24.1 Å². The summed E-state index contributed by atoms with van der Waals surface area (Å²) in [6.07, 6.45) is 0.445. The number of phenolic OH excluding ortho intramolecular Hbond substituents is 3. The normalized spacial score (nSPS) is 11.0. The molecule has 140 valence electrons. The van der Waals surface area contributed by atoms with Gasteiger partial charge in [-0.25, -0.2) is 0 Å². The van der Waals surface area contributed by atoms with E-state index in [1.807, 2.05) is 30.3 Å². The van der Waals surface area contributed by atoms with Gasteiger partial charge in [0.1, 0.15) is 28.2 Å². The van der Waals surface area contributed by atoms with E-state index in [2.05, 4.69) is 0 Å². The van der Waals surface area contributed by atoms with E-state index in [0.29, 0.717) is 17.5 Å². The lowest BCUT2D eigenvalue weighted by Gasteiger charge is -2.10. The SMILES string of the molecule is O=c1c(O)c(-c2ccc(O)c(Cc3ccccc3)c2)oc2cc(O)cc(O)c12. The summed E-state index contributed by atoms with van der Waals surface area (Å²) in [6, 6.07) is 16.3. The van der Waals surface area contributed by atoms with Gasteiger partial charge in [0.25, 0.3) is 0 Å². The quantitative estimate of drug-likeness (QED) is 0.432. The number of aromatic hydroxyl groups is 4. The Kier molecular flexibility index (Phi) is 4.16. The molecule has 0 amide bonds. The summed E-state index contributed by atoms with van der Waals surface area (Å²) < 4.78 is 5.61. The second kappa shape index (κ2) is 6.66. The number of hydrogen-bond acceptors (Lipinski definition) is 6. The van der Waals surface area contributed by atoms with Crippen LogP contribution in [0.15, 0.2) is 69.9 Å². The van der Waals surface area contributed by atoms with Crippen molar-refractivity contribution >= 4 is 11.0 Å². The summed E-state index contributed by atoms with van der Waals surface area (Å²) >= 11 is 0. The maximum absolute atomic E-state index is 12.5. The molecule has 4 rings (SSSR count). The van der Waals surface area contributed by atoms with Gasteiger partial charge in [0.05, 0.1) is 0 Å². The Hall–Kier alpha value is -3.93. The zero-order valence-electron chi connectivity index (χ0n) is 14.6. The Morgan fingerprint density at radius 2 is 1.57 bits per heavy atom. The van der Waals surface area contributed by atoms with Crippen LogP contribution in [-0.4, -0.2) is 20.4 Å². The number of benzene rings is 3. The molecule has 6 nitrogen and oxygen atoms in total. The van der Waals surface area contributed by atoms with Gasteiger partial charge in [-0.15, -0.1) is 0 Å². The van der Waals surface area contributed by atoms with Crippen molar-refractivity contribution in [3.63, 3.8) is 0 Å². The third kappa shape index (κ3) is 3.01. The fraction of sp³-hybridized carbons (Fsp3) is 0.0455. The summed E-state index contributed by atoms with van der Waals surface area (Å²) in [5.74, 6) is -1.46. The minimum absolute atomic E-state index is 0.0621. The van der Waals surface area contributed by atoms with Gasteiger partial charge >= 0.3 is 0 Å². The minimum atomic E-state index is -0.813. The highest BCUT2D eigenvalue weighted by atomic mass is 16.4. The van der Waals surface area contributed by atoms with Crippen molar-refractivity contribution in [3.05, 3.63) is 82.0 Å². The largest absolute Gasteiger partial charge is 0.508 e. The first-order valence-corrected chi connectivity index (χ1v) is 8.52. The molecule has 28 heavy (non-hydrogen) atoms. The highest BCUT2D eigenvalue weighted by Gasteiger charge is 2.19. The third-order valence-electron chi connectivity index (χ3n) is 4.51. The molecule has 0 spiro atoms. The molecule has 0 bridgehead atoms. The standard InChI is InChI=1S/C22H16O6/c23-15-10-17(25)19-18(11-15)28-22(21(27)20(19)26)13-6-7-16(24)14(9-13)8-12-4-2-1-3-5-12/h1-7,9-11,23-25,27H,8H2. The Bertz CT molecular complexity index is 1240. The van der Waals surface area contributed by atoms with E-state index >= 15 is 0 Å². The van der Waals surface area contributed by atoms with E-state index in [4.69, 9.17) is 4.42 Å². The molecular weight excluding hydrogens is 360 g/mol. The molecule has 0 aliphatic rings. The molecule has 1 aromatic heterocycles. The molecule has 0 fully saturated rings. The Labute approximate surface area is 159 Å². The van der Waals surface area contributed by atoms with Crippen LogP contribution in [0.4, 0.5) is 0 Å². The predicted molar refractivity (Wildman–Crippen MR) is 104 cm³/mol. The van der Waals surface area contributed by atoms with Crippen LogP contribution < -0.4 is 5.43 Å². The molecule has 3 aromatic carbocycles. The van der Waals surface area contributed by atoms with Gasteiger partial charge in [0.15, 0.2) is 5.76 Å².